The molecule has 128 valence electrons. The van der Waals surface area contributed by atoms with Crippen molar-refractivity contribution in [1.29, 1.82) is 0 Å². The molecule has 0 bridgehead atoms. The normalized spacial score (nSPS) is 20.0. The summed E-state index contributed by atoms with van der Waals surface area (Å²) in [6.45, 7) is 2.84. The van der Waals surface area contributed by atoms with Gasteiger partial charge in [-0.2, -0.15) is 0 Å². The van der Waals surface area contributed by atoms with Crippen molar-refractivity contribution in [1.82, 2.24) is 15.1 Å². The molecular weight excluding hydrogens is 348 g/mol. The molecule has 0 saturated heterocycles. The van der Waals surface area contributed by atoms with E-state index in [0.29, 0.717) is 17.1 Å². The Morgan fingerprint density at radius 3 is 2.83 bits per heavy atom. The number of hydrogen-bond acceptors (Lipinski definition) is 6. The van der Waals surface area contributed by atoms with E-state index in [4.69, 9.17) is 16.7 Å². The Labute approximate surface area is 149 Å². The van der Waals surface area contributed by atoms with E-state index in [1.807, 2.05) is 36.1 Å². The van der Waals surface area contributed by atoms with Crippen LogP contribution >= 0.6 is 22.9 Å². The third kappa shape index (κ3) is 3.85. The number of rotatable bonds is 7. The van der Waals surface area contributed by atoms with Crippen molar-refractivity contribution in [3.05, 3.63) is 29.3 Å². The fourth-order valence-corrected chi connectivity index (χ4v) is 4.02. The second-order valence-electron chi connectivity index (χ2n) is 5.82. The van der Waals surface area contributed by atoms with Gasteiger partial charge in [-0.25, -0.2) is 0 Å². The number of aliphatic carboxylic acids is 1. The van der Waals surface area contributed by atoms with Crippen LogP contribution in [0.25, 0.3) is 10.6 Å². The van der Waals surface area contributed by atoms with Crippen LogP contribution in [0.15, 0.2) is 24.3 Å². The number of carboxylic acids is 1. The number of carboxylic acid groups (broad SMARTS) is 1. The van der Waals surface area contributed by atoms with Gasteiger partial charge in [0.15, 0.2) is 5.01 Å². The topological polar surface area (TPSA) is 78.4 Å². The Morgan fingerprint density at radius 1 is 1.42 bits per heavy atom. The monoisotopic (exact) mass is 366 g/mol. The Balaban J connectivity index is 1.56. The van der Waals surface area contributed by atoms with Gasteiger partial charge in [0, 0.05) is 17.6 Å². The molecule has 1 fully saturated rings. The van der Waals surface area contributed by atoms with Gasteiger partial charge in [0.05, 0.1) is 11.6 Å². The van der Waals surface area contributed by atoms with Gasteiger partial charge in [-0.15, -0.1) is 10.2 Å². The lowest BCUT2D eigenvalue weighted by Crippen LogP contribution is -2.51. The van der Waals surface area contributed by atoms with Crippen molar-refractivity contribution in [2.75, 3.05) is 18.4 Å². The molecule has 2 N–H and O–H groups in total. The van der Waals surface area contributed by atoms with Gasteiger partial charge in [0.2, 0.25) is 5.13 Å². The summed E-state index contributed by atoms with van der Waals surface area (Å²) in [6, 6.07) is 8.20. The number of nitrogens with one attached hydrogen (secondary N) is 1. The van der Waals surface area contributed by atoms with Crippen LogP contribution in [0, 0.1) is 0 Å². The molecule has 1 aliphatic rings. The summed E-state index contributed by atoms with van der Waals surface area (Å²) in [6.07, 6.45) is 1.84. The molecule has 0 amide bonds. The summed E-state index contributed by atoms with van der Waals surface area (Å²) < 4.78 is 0. The minimum absolute atomic E-state index is 0.101. The fraction of sp³-hybridized carbons (Fsp3) is 0.438. The number of benzene rings is 1. The van der Waals surface area contributed by atoms with E-state index in [1.54, 1.807) is 0 Å². The van der Waals surface area contributed by atoms with Gasteiger partial charge in [0.1, 0.15) is 0 Å². The second-order valence-corrected chi connectivity index (χ2v) is 7.20. The summed E-state index contributed by atoms with van der Waals surface area (Å²) in [5.41, 5.74) is 0.884. The van der Waals surface area contributed by atoms with E-state index in [0.717, 1.165) is 35.1 Å². The summed E-state index contributed by atoms with van der Waals surface area (Å²) in [5.74, 6) is -0.776. The predicted octanol–water partition coefficient (Wildman–Crippen LogP) is 3.21. The number of aromatic nitrogens is 2. The average Bonchev–Trinajstić information content (AvgIpc) is 2.97. The van der Waals surface area contributed by atoms with E-state index >= 15 is 0 Å². The van der Waals surface area contributed by atoms with Crippen molar-refractivity contribution in [3.8, 4) is 10.6 Å². The SMILES string of the molecule is CCN(CC(=O)O)C1CC(Nc2nnc(-c3ccccc3Cl)s2)C1. The Bertz CT molecular complexity index is 718. The number of halogens is 1. The molecule has 1 saturated carbocycles. The quantitative estimate of drug-likeness (QED) is 0.783. The molecular formula is C16H19ClN4O2S. The maximum absolute atomic E-state index is 10.9. The second kappa shape index (κ2) is 7.46. The van der Waals surface area contributed by atoms with Crippen LogP contribution in [0.2, 0.25) is 5.02 Å². The lowest BCUT2D eigenvalue weighted by atomic mass is 9.85. The van der Waals surface area contributed by atoms with E-state index < -0.39 is 5.97 Å². The van der Waals surface area contributed by atoms with E-state index in [9.17, 15) is 4.79 Å². The van der Waals surface area contributed by atoms with Gasteiger partial charge >= 0.3 is 5.97 Å². The summed E-state index contributed by atoms with van der Waals surface area (Å²) >= 11 is 7.67. The van der Waals surface area contributed by atoms with Gasteiger partial charge in [-0.3, -0.25) is 9.69 Å². The minimum Gasteiger partial charge on any atom is -0.480 e. The van der Waals surface area contributed by atoms with Crippen LogP contribution in [0.4, 0.5) is 5.13 Å². The van der Waals surface area contributed by atoms with Crippen molar-refractivity contribution in [2.24, 2.45) is 0 Å². The zero-order valence-corrected chi connectivity index (χ0v) is 14.8. The lowest BCUT2D eigenvalue weighted by molar-refractivity contribution is -0.139. The number of nitrogens with zero attached hydrogens (tertiary/aromatic N) is 3. The molecule has 0 atom stereocenters. The van der Waals surface area contributed by atoms with Crippen molar-refractivity contribution >= 4 is 34.0 Å². The zero-order chi connectivity index (χ0) is 17.1. The van der Waals surface area contributed by atoms with Crippen LogP contribution < -0.4 is 5.32 Å². The average molecular weight is 367 g/mol. The Kier molecular flexibility index (Phi) is 5.33. The number of hydrogen-bond donors (Lipinski definition) is 2. The molecule has 2 aromatic rings. The van der Waals surface area contributed by atoms with Crippen molar-refractivity contribution < 1.29 is 9.90 Å². The maximum atomic E-state index is 10.9. The highest BCUT2D eigenvalue weighted by atomic mass is 35.5. The van der Waals surface area contributed by atoms with Crippen LogP contribution in [-0.4, -0.2) is 51.3 Å². The number of carbonyl (C=O) groups is 1. The van der Waals surface area contributed by atoms with E-state index in [1.165, 1.54) is 11.3 Å². The first kappa shape index (κ1) is 17.1. The minimum atomic E-state index is -0.776. The number of anilines is 1. The molecule has 1 heterocycles. The van der Waals surface area contributed by atoms with Crippen LogP contribution in [0.5, 0.6) is 0 Å². The Hall–Kier alpha value is -1.70. The lowest BCUT2D eigenvalue weighted by Gasteiger charge is -2.42. The van der Waals surface area contributed by atoms with Crippen molar-refractivity contribution in [2.45, 2.75) is 31.8 Å². The molecule has 0 radical (unpaired) electrons. The van der Waals surface area contributed by atoms with E-state index in [-0.39, 0.29) is 6.54 Å². The molecule has 0 spiro atoms. The third-order valence-corrected chi connectivity index (χ3v) is 5.45. The van der Waals surface area contributed by atoms with Gasteiger partial charge in [-0.05, 0) is 25.5 Å². The smallest absolute Gasteiger partial charge is 0.317 e. The fourth-order valence-electron chi connectivity index (χ4n) is 2.88. The zero-order valence-electron chi connectivity index (χ0n) is 13.3. The molecule has 0 unspecified atom stereocenters. The van der Waals surface area contributed by atoms with Gasteiger partial charge in [-0.1, -0.05) is 48.1 Å². The largest absolute Gasteiger partial charge is 0.480 e. The molecule has 1 aromatic carbocycles. The van der Waals surface area contributed by atoms with E-state index in [2.05, 4.69) is 15.5 Å². The first-order valence-corrected chi connectivity index (χ1v) is 9.07. The van der Waals surface area contributed by atoms with Gasteiger partial charge in [0.25, 0.3) is 0 Å². The highest BCUT2D eigenvalue weighted by Gasteiger charge is 2.34. The van der Waals surface area contributed by atoms with Crippen LogP contribution in [-0.2, 0) is 4.79 Å². The van der Waals surface area contributed by atoms with Crippen molar-refractivity contribution in [3.63, 3.8) is 0 Å². The third-order valence-electron chi connectivity index (χ3n) is 4.23. The molecule has 8 heteroatoms. The molecule has 1 aromatic heterocycles. The number of likely N-dealkylation sites (N-methyl/N-ethyl adjacent to an activating group) is 1. The highest BCUT2D eigenvalue weighted by Crippen LogP contribution is 2.34. The standard InChI is InChI=1S/C16H19ClN4O2S/c1-2-21(9-14(22)23)11-7-10(8-11)18-16-20-19-15(24-16)12-5-3-4-6-13(12)17/h3-6,10-11H,2,7-9H2,1H3,(H,18,20)(H,22,23). The Morgan fingerprint density at radius 2 is 2.17 bits per heavy atom. The first-order chi connectivity index (χ1) is 11.6. The summed E-state index contributed by atoms with van der Waals surface area (Å²) in [7, 11) is 0. The molecule has 6 nitrogen and oxygen atoms in total. The van der Waals surface area contributed by atoms with Crippen LogP contribution in [0.3, 0.4) is 0 Å². The first-order valence-electron chi connectivity index (χ1n) is 7.87. The summed E-state index contributed by atoms with van der Waals surface area (Å²) in [4.78, 5) is 12.9. The maximum Gasteiger partial charge on any atom is 0.317 e. The predicted molar refractivity (Wildman–Crippen MR) is 95.7 cm³/mol. The van der Waals surface area contributed by atoms with Crippen LogP contribution in [0.1, 0.15) is 19.8 Å². The summed E-state index contributed by atoms with van der Waals surface area (Å²) in [5, 5.41) is 22.9. The molecule has 3 rings (SSSR count). The molecule has 0 aliphatic heterocycles. The molecule has 1 aliphatic carbocycles. The van der Waals surface area contributed by atoms with Gasteiger partial charge < -0.3 is 10.4 Å². The molecule has 24 heavy (non-hydrogen) atoms. The highest BCUT2D eigenvalue weighted by molar-refractivity contribution is 7.18.